The molecule has 0 amide bonds. The van der Waals surface area contributed by atoms with E-state index in [4.69, 9.17) is 5.11 Å². The SMILES string of the molecule is Cc1ccc(CC(CC(C)C(=O)O)C(C)(C)C)cc1. The Morgan fingerprint density at radius 3 is 2.16 bits per heavy atom. The molecule has 106 valence electrons. The number of hydrogen-bond donors (Lipinski definition) is 1. The summed E-state index contributed by atoms with van der Waals surface area (Å²) in [5, 5.41) is 9.10. The Morgan fingerprint density at radius 2 is 1.74 bits per heavy atom. The van der Waals surface area contributed by atoms with Crippen LogP contribution in [-0.2, 0) is 11.2 Å². The van der Waals surface area contributed by atoms with Crippen LogP contribution in [0.2, 0.25) is 0 Å². The second-order valence-corrected chi connectivity index (χ2v) is 6.73. The fraction of sp³-hybridized carbons (Fsp3) is 0.588. The number of hydrogen-bond acceptors (Lipinski definition) is 1. The van der Waals surface area contributed by atoms with Crippen LogP contribution in [-0.4, -0.2) is 11.1 Å². The molecule has 0 spiro atoms. The molecule has 0 saturated heterocycles. The first-order valence-corrected chi connectivity index (χ1v) is 6.98. The summed E-state index contributed by atoms with van der Waals surface area (Å²) < 4.78 is 0. The maximum atomic E-state index is 11.1. The van der Waals surface area contributed by atoms with Crippen molar-refractivity contribution < 1.29 is 9.90 Å². The van der Waals surface area contributed by atoms with Crippen molar-refractivity contribution in [2.75, 3.05) is 0 Å². The molecule has 1 N–H and O–H groups in total. The van der Waals surface area contributed by atoms with Crippen molar-refractivity contribution in [2.45, 2.75) is 47.5 Å². The molecule has 0 radical (unpaired) electrons. The van der Waals surface area contributed by atoms with Gasteiger partial charge in [0.15, 0.2) is 0 Å². The zero-order chi connectivity index (χ0) is 14.6. The summed E-state index contributed by atoms with van der Waals surface area (Å²) in [6, 6.07) is 8.55. The van der Waals surface area contributed by atoms with E-state index < -0.39 is 5.97 Å². The van der Waals surface area contributed by atoms with Gasteiger partial charge in [-0.2, -0.15) is 0 Å². The molecule has 2 unspecified atom stereocenters. The van der Waals surface area contributed by atoms with Crippen LogP contribution in [0, 0.1) is 24.2 Å². The summed E-state index contributed by atoms with van der Waals surface area (Å²) in [7, 11) is 0. The normalized spacial score (nSPS) is 15.0. The lowest BCUT2D eigenvalue weighted by Crippen LogP contribution is -2.27. The molecule has 1 rings (SSSR count). The van der Waals surface area contributed by atoms with Gasteiger partial charge in [-0.25, -0.2) is 0 Å². The zero-order valence-electron chi connectivity index (χ0n) is 12.7. The number of carboxylic acids is 1. The van der Waals surface area contributed by atoms with Gasteiger partial charge in [0.05, 0.1) is 5.92 Å². The van der Waals surface area contributed by atoms with Crippen molar-refractivity contribution in [3.8, 4) is 0 Å². The van der Waals surface area contributed by atoms with Crippen molar-refractivity contribution in [3.05, 3.63) is 35.4 Å². The van der Waals surface area contributed by atoms with E-state index in [9.17, 15) is 4.79 Å². The van der Waals surface area contributed by atoms with E-state index in [-0.39, 0.29) is 11.3 Å². The molecular formula is C17H26O2. The Kier molecular flexibility index (Phi) is 5.16. The molecule has 2 atom stereocenters. The standard InChI is InChI=1S/C17H26O2/c1-12-6-8-14(9-7-12)11-15(17(3,4)5)10-13(2)16(18)19/h6-9,13,15H,10-11H2,1-5H3,(H,18,19). The van der Waals surface area contributed by atoms with Crippen LogP contribution in [0.1, 0.15) is 45.2 Å². The van der Waals surface area contributed by atoms with E-state index in [0.717, 1.165) is 12.8 Å². The first kappa shape index (κ1) is 15.7. The summed E-state index contributed by atoms with van der Waals surface area (Å²) in [5.41, 5.74) is 2.67. The first-order valence-electron chi connectivity index (χ1n) is 6.98. The van der Waals surface area contributed by atoms with Gasteiger partial charge in [-0.05, 0) is 36.7 Å². The van der Waals surface area contributed by atoms with Crippen molar-refractivity contribution in [1.82, 2.24) is 0 Å². The van der Waals surface area contributed by atoms with E-state index >= 15 is 0 Å². The quantitative estimate of drug-likeness (QED) is 0.858. The average Bonchev–Trinajstić information content (AvgIpc) is 2.29. The van der Waals surface area contributed by atoms with E-state index in [1.807, 2.05) is 0 Å². The Morgan fingerprint density at radius 1 is 1.21 bits per heavy atom. The number of carbonyl (C=O) groups is 1. The van der Waals surface area contributed by atoms with Crippen LogP contribution >= 0.6 is 0 Å². The van der Waals surface area contributed by atoms with Crippen LogP contribution in [0.25, 0.3) is 0 Å². The van der Waals surface area contributed by atoms with Gasteiger partial charge in [-0.1, -0.05) is 57.5 Å². The molecule has 0 aliphatic carbocycles. The Labute approximate surface area is 116 Å². The number of benzene rings is 1. The highest BCUT2D eigenvalue weighted by molar-refractivity contribution is 5.69. The molecule has 0 aromatic heterocycles. The van der Waals surface area contributed by atoms with Crippen LogP contribution in [0.4, 0.5) is 0 Å². The van der Waals surface area contributed by atoms with Crippen LogP contribution < -0.4 is 0 Å². The minimum atomic E-state index is -0.696. The van der Waals surface area contributed by atoms with Gasteiger partial charge < -0.3 is 5.11 Å². The lowest BCUT2D eigenvalue weighted by molar-refractivity contribution is -0.142. The third-order valence-corrected chi connectivity index (χ3v) is 3.89. The molecule has 2 nitrogen and oxygen atoms in total. The Hall–Kier alpha value is -1.31. The largest absolute Gasteiger partial charge is 0.481 e. The fourth-order valence-corrected chi connectivity index (χ4v) is 2.28. The predicted octanol–water partition coefficient (Wildman–Crippen LogP) is 4.31. The molecule has 0 aliphatic heterocycles. The smallest absolute Gasteiger partial charge is 0.306 e. The van der Waals surface area contributed by atoms with Gasteiger partial charge in [0, 0.05) is 0 Å². The topological polar surface area (TPSA) is 37.3 Å². The molecule has 0 bridgehead atoms. The van der Waals surface area contributed by atoms with Crippen molar-refractivity contribution in [3.63, 3.8) is 0 Å². The highest BCUT2D eigenvalue weighted by atomic mass is 16.4. The molecule has 0 heterocycles. The van der Waals surface area contributed by atoms with Crippen molar-refractivity contribution >= 4 is 5.97 Å². The monoisotopic (exact) mass is 262 g/mol. The van der Waals surface area contributed by atoms with E-state index in [2.05, 4.69) is 52.0 Å². The van der Waals surface area contributed by atoms with Gasteiger partial charge in [-0.3, -0.25) is 4.79 Å². The third-order valence-electron chi connectivity index (χ3n) is 3.89. The number of aliphatic carboxylic acids is 1. The van der Waals surface area contributed by atoms with Gasteiger partial charge in [-0.15, -0.1) is 0 Å². The highest BCUT2D eigenvalue weighted by Gasteiger charge is 2.28. The van der Waals surface area contributed by atoms with E-state index in [0.29, 0.717) is 5.92 Å². The maximum Gasteiger partial charge on any atom is 0.306 e. The van der Waals surface area contributed by atoms with Crippen molar-refractivity contribution in [2.24, 2.45) is 17.3 Å². The minimum absolute atomic E-state index is 0.120. The summed E-state index contributed by atoms with van der Waals surface area (Å²) in [6.45, 7) is 10.5. The number of rotatable bonds is 5. The predicted molar refractivity (Wildman–Crippen MR) is 79.2 cm³/mol. The lowest BCUT2D eigenvalue weighted by atomic mass is 9.73. The molecule has 19 heavy (non-hydrogen) atoms. The fourth-order valence-electron chi connectivity index (χ4n) is 2.28. The summed E-state index contributed by atoms with van der Waals surface area (Å²) >= 11 is 0. The second-order valence-electron chi connectivity index (χ2n) is 6.73. The second kappa shape index (κ2) is 6.23. The molecule has 2 heteroatoms. The molecule has 1 aromatic carbocycles. The average molecular weight is 262 g/mol. The van der Waals surface area contributed by atoms with E-state index in [1.165, 1.54) is 11.1 Å². The highest BCUT2D eigenvalue weighted by Crippen LogP contribution is 2.34. The van der Waals surface area contributed by atoms with Crippen molar-refractivity contribution in [1.29, 1.82) is 0 Å². The number of carboxylic acid groups (broad SMARTS) is 1. The molecule has 1 aromatic rings. The van der Waals surface area contributed by atoms with Crippen LogP contribution in [0.3, 0.4) is 0 Å². The molecule has 0 fully saturated rings. The van der Waals surface area contributed by atoms with Gasteiger partial charge in [0.2, 0.25) is 0 Å². The maximum absolute atomic E-state index is 11.1. The number of aryl methyl sites for hydroxylation is 1. The third kappa shape index (κ3) is 5.06. The van der Waals surface area contributed by atoms with Gasteiger partial charge >= 0.3 is 5.97 Å². The lowest BCUT2D eigenvalue weighted by Gasteiger charge is -2.32. The van der Waals surface area contributed by atoms with Crippen LogP contribution in [0.5, 0.6) is 0 Å². The molecule has 0 saturated carbocycles. The molecular weight excluding hydrogens is 236 g/mol. The zero-order valence-corrected chi connectivity index (χ0v) is 12.7. The van der Waals surface area contributed by atoms with Crippen LogP contribution in [0.15, 0.2) is 24.3 Å². The first-order chi connectivity index (χ1) is 8.70. The Balaban J connectivity index is 2.81. The summed E-state index contributed by atoms with van der Waals surface area (Å²) in [4.78, 5) is 11.1. The van der Waals surface area contributed by atoms with Gasteiger partial charge in [0.25, 0.3) is 0 Å². The van der Waals surface area contributed by atoms with E-state index in [1.54, 1.807) is 6.92 Å². The molecule has 0 aliphatic rings. The Bertz CT molecular complexity index is 412. The summed E-state index contributed by atoms with van der Waals surface area (Å²) in [6.07, 6.45) is 1.67. The minimum Gasteiger partial charge on any atom is -0.481 e. The van der Waals surface area contributed by atoms with Gasteiger partial charge in [0.1, 0.15) is 0 Å². The summed E-state index contributed by atoms with van der Waals surface area (Å²) in [5.74, 6) is -0.603.